The minimum absolute atomic E-state index is 0.143. The first-order valence-electron chi connectivity index (χ1n) is 5.74. The molecule has 1 aromatic carbocycles. The maximum Gasteiger partial charge on any atom is 0.341 e. The molecule has 0 aliphatic carbocycles. The van der Waals surface area contributed by atoms with E-state index in [9.17, 15) is 14.7 Å². The van der Waals surface area contributed by atoms with Crippen LogP contribution in [-0.2, 0) is 0 Å². The number of rotatable bonds is 2. The second-order valence-electron chi connectivity index (χ2n) is 4.47. The van der Waals surface area contributed by atoms with E-state index in [4.69, 9.17) is 5.73 Å². The van der Waals surface area contributed by atoms with Gasteiger partial charge in [0.05, 0.1) is 0 Å². The van der Waals surface area contributed by atoms with Crippen molar-refractivity contribution in [1.82, 2.24) is 4.98 Å². The number of aromatic amines is 1. The van der Waals surface area contributed by atoms with Crippen LogP contribution in [0.4, 0.5) is 5.82 Å². The van der Waals surface area contributed by atoms with Crippen LogP contribution in [-0.4, -0.2) is 16.1 Å². The lowest BCUT2D eigenvalue weighted by molar-refractivity contribution is 0.0696. The highest BCUT2D eigenvalue weighted by Gasteiger charge is 2.18. The summed E-state index contributed by atoms with van der Waals surface area (Å²) in [7, 11) is 0. The normalized spacial score (nSPS) is 10.4. The van der Waals surface area contributed by atoms with Gasteiger partial charge in [0.2, 0.25) is 0 Å². The Balaban J connectivity index is 2.81. The van der Waals surface area contributed by atoms with Gasteiger partial charge in [-0.05, 0) is 31.0 Å². The number of aromatic carboxylic acids is 1. The van der Waals surface area contributed by atoms with E-state index < -0.39 is 11.5 Å². The fraction of sp³-hybridized carbons (Fsp3) is 0.143. The molecule has 0 radical (unpaired) electrons. The average molecular weight is 258 g/mol. The molecule has 1 aromatic heterocycles. The standard InChI is InChI=1S/C14H14N2O3/c1-7-3-4-9(8(2)5-7)10-6-11(15)16-13(17)12(10)14(18)19/h3-6H,1-2H3,(H,18,19)(H3,15,16,17). The number of hydrogen-bond acceptors (Lipinski definition) is 3. The molecular weight excluding hydrogens is 244 g/mol. The highest BCUT2D eigenvalue weighted by atomic mass is 16.4. The van der Waals surface area contributed by atoms with Crippen molar-refractivity contribution in [1.29, 1.82) is 0 Å². The molecule has 1 heterocycles. The summed E-state index contributed by atoms with van der Waals surface area (Å²) < 4.78 is 0. The Morgan fingerprint density at radius 3 is 2.47 bits per heavy atom. The first-order chi connectivity index (χ1) is 8.90. The van der Waals surface area contributed by atoms with Crippen molar-refractivity contribution in [3.63, 3.8) is 0 Å². The molecule has 19 heavy (non-hydrogen) atoms. The number of pyridine rings is 1. The van der Waals surface area contributed by atoms with Crippen LogP contribution in [0.3, 0.4) is 0 Å². The lowest BCUT2D eigenvalue weighted by Crippen LogP contribution is -2.20. The van der Waals surface area contributed by atoms with Gasteiger partial charge in [-0.25, -0.2) is 4.79 Å². The van der Waals surface area contributed by atoms with E-state index in [0.717, 1.165) is 11.1 Å². The van der Waals surface area contributed by atoms with Gasteiger partial charge in [-0.1, -0.05) is 23.8 Å². The number of anilines is 1. The second kappa shape index (κ2) is 4.61. The zero-order valence-electron chi connectivity index (χ0n) is 10.7. The van der Waals surface area contributed by atoms with Crippen molar-refractivity contribution < 1.29 is 9.90 Å². The van der Waals surface area contributed by atoms with Gasteiger partial charge < -0.3 is 15.8 Å². The van der Waals surface area contributed by atoms with Crippen LogP contribution in [0, 0.1) is 13.8 Å². The monoisotopic (exact) mass is 258 g/mol. The Labute approximate surface area is 109 Å². The summed E-state index contributed by atoms with van der Waals surface area (Å²) in [4.78, 5) is 25.3. The lowest BCUT2D eigenvalue weighted by atomic mass is 9.96. The summed E-state index contributed by atoms with van der Waals surface area (Å²) in [6.45, 7) is 3.81. The topological polar surface area (TPSA) is 96.2 Å². The molecule has 0 aliphatic heterocycles. The summed E-state index contributed by atoms with van der Waals surface area (Å²) in [5.41, 5.74) is 7.61. The minimum atomic E-state index is -1.27. The van der Waals surface area contributed by atoms with E-state index in [2.05, 4.69) is 4.98 Å². The van der Waals surface area contributed by atoms with Gasteiger partial charge in [-0.15, -0.1) is 0 Å². The van der Waals surface area contributed by atoms with E-state index in [1.807, 2.05) is 26.0 Å². The van der Waals surface area contributed by atoms with Gasteiger partial charge in [-0.2, -0.15) is 0 Å². The highest BCUT2D eigenvalue weighted by Crippen LogP contribution is 2.27. The Bertz CT molecular complexity index is 717. The molecule has 2 aromatic rings. The van der Waals surface area contributed by atoms with Crippen LogP contribution in [0.15, 0.2) is 29.1 Å². The molecule has 0 spiro atoms. The number of nitrogen functional groups attached to an aromatic ring is 1. The Morgan fingerprint density at radius 1 is 1.21 bits per heavy atom. The van der Waals surface area contributed by atoms with Crippen LogP contribution in [0.25, 0.3) is 11.1 Å². The van der Waals surface area contributed by atoms with Gasteiger partial charge >= 0.3 is 5.97 Å². The highest BCUT2D eigenvalue weighted by molar-refractivity contribution is 5.96. The third-order valence-electron chi connectivity index (χ3n) is 2.94. The van der Waals surface area contributed by atoms with E-state index in [-0.39, 0.29) is 11.4 Å². The number of H-pyrrole nitrogens is 1. The molecule has 0 unspecified atom stereocenters. The first-order valence-corrected chi connectivity index (χ1v) is 5.74. The van der Waals surface area contributed by atoms with E-state index >= 15 is 0 Å². The molecule has 0 saturated heterocycles. The Kier molecular flexibility index (Phi) is 3.12. The average Bonchev–Trinajstić information content (AvgIpc) is 2.26. The summed E-state index contributed by atoms with van der Waals surface area (Å²) >= 11 is 0. The van der Waals surface area contributed by atoms with Crippen LogP contribution in [0.2, 0.25) is 0 Å². The van der Waals surface area contributed by atoms with Crippen molar-refractivity contribution in [3.8, 4) is 11.1 Å². The van der Waals surface area contributed by atoms with Crippen LogP contribution >= 0.6 is 0 Å². The van der Waals surface area contributed by atoms with Crippen molar-refractivity contribution in [2.45, 2.75) is 13.8 Å². The van der Waals surface area contributed by atoms with Crippen molar-refractivity contribution in [3.05, 3.63) is 51.3 Å². The number of nitrogens with one attached hydrogen (secondary N) is 1. The molecule has 2 rings (SSSR count). The molecule has 5 nitrogen and oxygen atoms in total. The zero-order valence-corrected chi connectivity index (χ0v) is 10.7. The molecule has 0 fully saturated rings. The molecule has 0 saturated carbocycles. The molecular formula is C14H14N2O3. The fourth-order valence-corrected chi connectivity index (χ4v) is 2.12. The predicted molar refractivity (Wildman–Crippen MR) is 73.3 cm³/mol. The number of carboxylic acids is 1. The summed E-state index contributed by atoms with van der Waals surface area (Å²) in [6.07, 6.45) is 0. The molecule has 5 heteroatoms. The Morgan fingerprint density at radius 2 is 1.89 bits per heavy atom. The van der Waals surface area contributed by atoms with Gasteiger partial charge in [0, 0.05) is 5.56 Å². The molecule has 0 amide bonds. The van der Waals surface area contributed by atoms with Gasteiger partial charge in [0.25, 0.3) is 5.56 Å². The third-order valence-corrected chi connectivity index (χ3v) is 2.94. The van der Waals surface area contributed by atoms with Crippen molar-refractivity contribution >= 4 is 11.8 Å². The second-order valence-corrected chi connectivity index (χ2v) is 4.47. The van der Waals surface area contributed by atoms with Gasteiger partial charge in [0.15, 0.2) is 0 Å². The van der Waals surface area contributed by atoms with Crippen LogP contribution in [0.5, 0.6) is 0 Å². The zero-order chi connectivity index (χ0) is 14.2. The number of carbonyl (C=O) groups is 1. The summed E-state index contributed by atoms with van der Waals surface area (Å²) in [6, 6.07) is 7.07. The Hall–Kier alpha value is -2.56. The first kappa shape index (κ1) is 12.9. The van der Waals surface area contributed by atoms with Crippen molar-refractivity contribution in [2.24, 2.45) is 0 Å². The smallest absolute Gasteiger partial charge is 0.341 e. The summed E-state index contributed by atoms with van der Waals surface area (Å²) in [5, 5.41) is 9.18. The number of benzene rings is 1. The number of aromatic nitrogens is 1. The summed E-state index contributed by atoms with van der Waals surface area (Å²) in [5.74, 6) is -1.12. The van der Waals surface area contributed by atoms with Crippen LogP contribution in [0.1, 0.15) is 21.5 Å². The quantitative estimate of drug-likeness (QED) is 0.766. The molecule has 0 bridgehead atoms. The van der Waals surface area contributed by atoms with Crippen LogP contribution < -0.4 is 11.3 Å². The minimum Gasteiger partial charge on any atom is -0.477 e. The fourth-order valence-electron chi connectivity index (χ4n) is 2.12. The number of aryl methyl sites for hydroxylation is 2. The lowest BCUT2D eigenvalue weighted by Gasteiger charge is -2.10. The van der Waals surface area contributed by atoms with Crippen molar-refractivity contribution in [2.75, 3.05) is 5.73 Å². The predicted octanol–water partition coefficient (Wildman–Crippen LogP) is 1.94. The molecule has 98 valence electrons. The maximum absolute atomic E-state index is 11.7. The number of hydrogen-bond donors (Lipinski definition) is 3. The molecule has 0 atom stereocenters. The van der Waals surface area contributed by atoms with E-state index in [0.29, 0.717) is 11.1 Å². The third kappa shape index (κ3) is 2.35. The van der Waals surface area contributed by atoms with Gasteiger partial charge in [-0.3, -0.25) is 4.79 Å². The number of nitrogens with two attached hydrogens (primary N) is 1. The van der Waals surface area contributed by atoms with E-state index in [1.54, 1.807) is 6.07 Å². The largest absolute Gasteiger partial charge is 0.477 e. The SMILES string of the molecule is Cc1ccc(-c2cc(N)[nH]c(=O)c2C(=O)O)c(C)c1. The van der Waals surface area contributed by atoms with E-state index in [1.165, 1.54) is 6.07 Å². The molecule has 4 N–H and O–H groups in total. The number of carboxylic acid groups (broad SMARTS) is 1. The van der Waals surface area contributed by atoms with Gasteiger partial charge in [0.1, 0.15) is 11.4 Å². The maximum atomic E-state index is 11.7. The molecule has 0 aliphatic rings.